The first-order chi connectivity index (χ1) is 22.2. The topological polar surface area (TPSA) is 171 Å². The second-order valence-electron chi connectivity index (χ2n) is 13.8. The highest BCUT2D eigenvalue weighted by molar-refractivity contribution is 6.25. The van der Waals surface area contributed by atoms with Gasteiger partial charge in [0.2, 0.25) is 5.78 Å². The highest BCUT2D eigenvalue weighted by Gasteiger charge is 2.63. The van der Waals surface area contributed by atoms with Gasteiger partial charge in [-0.1, -0.05) is 18.2 Å². The Hall–Kier alpha value is -4.23. The Morgan fingerprint density at radius 2 is 1.72 bits per heavy atom. The predicted molar refractivity (Wildman–Crippen MR) is 176 cm³/mol. The standard InChI is InChI=1S/C35H43N5O7/c1-37(2)24-16-21(19-8-6-7-18(13-19)17-40-11-9-39(5)10-12-40)29(41)26-22(24)14-20-15-23-28(38(3)4)31(43)27(34(36)46)33(45)35(23,47)32(44)25(20)30(26)42/h6-8,13,16,20,23,28,41,43-44,47H,9-12,14-15,17H2,1-5H3,(H2,36,46)/t20-,23-,28-,35-/m0/s1. The van der Waals surface area contributed by atoms with Crippen LogP contribution in [0.25, 0.3) is 11.1 Å². The van der Waals surface area contributed by atoms with E-state index in [2.05, 4.69) is 16.8 Å². The Morgan fingerprint density at radius 3 is 2.34 bits per heavy atom. The van der Waals surface area contributed by atoms with Gasteiger partial charge in [0.25, 0.3) is 5.91 Å². The van der Waals surface area contributed by atoms with Crippen molar-refractivity contribution in [2.24, 2.45) is 17.6 Å². The van der Waals surface area contributed by atoms with E-state index in [0.29, 0.717) is 16.8 Å². The van der Waals surface area contributed by atoms with Crippen molar-refractivity contribution in [3.63, 3.8) is 0 Å². The Kier molecular flexibility index (Phi) is 8.20. The molecular weight excluding hydrogens is 602 g/mol. The second-order valence-corrected chi connectivity index (χ2v) is 13.8. The molecule has 4 aliphatic rings. The molecular formula is C35H43N5O7. The van der Waals surface area contributed by atoms with E-state index in [0.717, 1.165) is 43.9 Å². The van der Waals surface area contributed by atoms with Crippen molar-refractivity contribution in [1.29, 1.82) is 0 Å². The van der Waals surface area contributed by atoms with E-state index < -0.39 is 58.0 Å². The van der Waals surface area contributed by atoms with Gasteiger partial charge in [0.15, 0.2) is 11.4 Å². The van der Waals surface area contributed by atoms with Crippen LogP contribution in [0.5, 0.6) is 5.75 Å². The lowest BCUT2D eigenvalue weighted by Crippen LogP contribution is -2.63. The number of phenolic OH excluding ortho intramolecular Hbond substituents is 1. The molecule has 1 heterocycles. The maximum atomic E-state index is 14.4. The average molecular weight is 646 g/mol. The summed E-state index contributed by atoms with van der Waals surface area (Å²) in [6.07, 6.45) is 0.259. The number of aromatic hydroxyl groups is 1. The molecule has 4 atom stereocenters. The van der Waals surface area contributed by atoms with Crippen LogP contribution < -0.4 is 10.6 Å². The van der Waals surface area contributed by atoms with Crippen molar-refractivity contribution in [2.45, 2.75) is 31.0 Å². The summed E-state index contributed by atoms with van der Waals surface area (Å²) < 4.78 is 0. The number of primary amides is 1. The number of aliphatic hydroxyl groups is 3. The third-order valence-electron chi connectivity index (χ3n) is 10.4. The zero-order chi connectivity index (χ0) is 34.1. The number of hydrogen-bond donors (Lipinski definition) is 5. The number of phenols is 1. The number of rotatable bonds is 6. The number of aliphatic hydroxyl groups excluding tert-OH is 2. The fourth-order valence-corrected chi connectivity index (χ4v) is 8.02. The maximum absolute atomic E-state index is 14.4. The minimum absolute atomic E-state index is 0.00328. The van der Waals surface area contributed by atoms with Crippen molar-refractivity contribution < 1.29 is 34.8 Å². The summed E-state index contributed by atoms with van der Waals surface area (Å²) in [5.41, 5.74) is 5.30. The molecule has 0 spiro atoms. The molecule has 0 bridgehead atoms. The van der Waals surface area contributed by atoms with Crippen LogP contribution in [0.1, 0.15) is 27.9 Å². The van der Waals surface area contributed by atoms with E-state index in [1.165, 1.54) is 0 Å². The molecule has 12 heteroatoms. The normalized spacial score (nSPS) is 26.7. The van der Waals surface area contributed by atoms with Crippen molar-refractivity contribution in [3.8, 4) is 16.9 Å². The van der Waals surface area contributed by atoms with Gasteiger partial charge in [0.1, 0.15) is 22.8 Å². The number of anilines is 1. The molecule has 3 aliphatic carbocycles. The van der Waals surface area contributed by atoms with Gasteiger partial charge in [-0.15, -0.1) is 0 Å². The number of Topliss-reactive ketones (excluding diaryl/α,β-unsaturated/α-hetero) is 2. The number of ketones is 2. The van der Waals surface area contributed by atoms with Gasteiger partial charge in [-0.05, 0) is 68.7 Å². The fraction of sp³-hybridized carbons (Fsp3) is 0.457. The third kappa shape index (κ3) is 5.10. The van der Waals surface area contributed by atoms with E-state index in [-0.39, 0.29) is 29.7 Å². The molecule has 1 amide bonds. The summed E-state index contributed by atoms with van der Waals surface area (Å²) >= 11 is 0. The van der Waals surface area contributed by atoms with Gasteiger partial charge in [-0.2, -0.15) is 0 Å². The number of allylic oxidation sites excluding steroid dienone is 1. The van der Waals surface area contributed by atoms with E-state index in [4.69, 9.17) is 5.73 Å². The smallest absolute Gasteiger partial charge is 0.255 e. The van der Waals surface area contributed by atoms with Gasteiger partial charge in [0, 0.05) is 69.6 Å². The van der Waals surface area contributed by atoms with Gasteiger partial charge < -0.3 is 36.0 Å². The molecule has 6 N–H and O–H groups in total. The van der Waals surface area contributed by atoms with Gasteiger partial charge in [0.05, 0.1) is 11.6 Å². The number of amides is 1. The SMILES string of the molecule is CN1CCN(Cc2cccc(-c3cc(N(C)C)c4c(c3O)C(=O)C3=C(O)[C@]5(O)C(=O)C(C(N)=O)=C(O)[C@@H](N(C)C)[C@@H]5C[C@@H]3C4)c2)CC1. The molecule has 47 heavy (non-hydrogen) atoms. The van der Waals surface area contributed by atoms with E-state index in [9.17, 15) is 34.8 Å². The summed E-state index contributed by atoms with van der Waals surface area (Å²) in [5, 5.41) is 46.4. The van der Waals surface area contributed by atoms with Gasteiger partial charge >= 0.3 is 0 Å². The second kappa shape index (κ2) is 11.8. The number of benzene rings is 2. The van der Waals surface area contributed by atoms with E-state index in [1.807, 2.05) is 49.3 Å². The molecule has 1 aliphatic heterocycles. The lowest BCUT2D eigenvalue weighted by Gasteiger charge is -2.50. The van der Waals surface area contributed by atoms with Crippen molar-refractivity contribution >= 4 is 23.2 Å². The summed E-state index contributed by atoms with van der Waals surface area (Å²) in [6.45, 7) is 4.62. The first-order valence-corrected chi connectivity index (χ1v) is 15.9. The number of piperazine rings is 1. The molecule has 2 aromatic carbocycles. The molecule has 6 rings (SSSR count). The van der Waals surface area contributed by atoms with Crippen LogP contribution in [0, 0.1) is 11.8 Å². The highest BCUT2D eigenvalue weighted by atomic mass is 16.3. The van der Waals surface area contributed by atoms with Crippen LogP contribution in [0.2, 0.25) is 0 Å². The van der Waals surface area contributed by atoms with Gasteiger partial charge in [-0.3, -0.25) is 24.2 Å². The average Bonchev–Trinajstić information content (AvgIpc) is 3.00. The van der Waals surface area contributed by atoms with Crippen LogP contribution in [0.4, 0.5) is 5.69 Å². The maximum Gasteiger partial charge on any atom is 0.255 e. The Bertz CT molecular complexity index is 1740. The molecule has 0 saturated carbocycles. The number of hydrogen-bond acceptors (Lipinski definition) is 11. The Balaban J connectivity index is 1.46. The Labute approximate surface area is 274 Å². The van der Waals surface area contributed by atoms with Crippen LogP contribution in [0.3, 0.4) is 0 Å². The quantitative estimate of drug-likeness (QED) is 0.289. The molecule has 1 fully saturated rings. The first-order valence-electron chi connectivity index (χ1n) is 15.9. The van der Waals surface area contributed by atoms with Crippen molar-refractivity contribution in [2.75, 3.05) is 66.3 Å². The minimum atomic E-state index is -2.68. The molecule has 0 aromatic heterocycles. The number of carbonyl (C=O) groups is 3. The van der Waals surface area contributed by atoms with Crippen LogP contribution >= 0.6 is 0 Å². The number of carbonyl (C=O) groups excluding carboxylic acids is 3. The molecule has 1 saturated heterocycles. The largest absolute Gasteiger partial charge is 0.510 e. The number of likely N-dealkylation sites (N-methyl/N-ethyl adjacent to an activating group) is 2. The summed E-state index contributed by atoms with van der Waals surface area (Å²) in [6, 6.07) is 8.67. The monoisotopic (exact) mass is 645 g/mol. The molecule has 2 aromatic rings. The molecule has 0 radical (unpaired) electrons. The fourth-order valence-electron chi connectivity index (χ4n) is 8.02. The minimum Gasteiger partial charge on any atom is -0.510 e. The zero-order valence-electron chi connectivity index (χ0n) is 27.4. The van der Waals surface area contributed by atoms with Crippen LogP contribution in [-0.2, 0) is 22.6 Å². The Morgan fingerprint density at radius 1 is 1.04 bits per heavy atom. The molecule has 0 unspecified atom stereocenters. The van der Waals surface area contributed by atoms with Crippen molar-refractivity contribution in [1.82, 2.24) is 14.7 Å². The summed E-state index contributed by atoms with van der Waals surface area (Å²) in [4.78, 5) is 48.4. The highest BCUT2D eigenvalue weighted by Crippen LogP contribution is 2.54. The zero-order valence-corrected chi connectivity index (χ0v) is 27.4. The number of nitrogens with zero attached hydrogens (tertiary/aromatic N) is 4. The number of fused-ring (bicyclic) bond motifs is 3. The summed E-state index contributed by atoms with van der Waals surface area (Å²) in [5.74, 6) is -6.64. The van der Waals surface area contributed by atoms with Gasteiger partial charge in [-0.25, -0.2) is 0 Å². The lowest BCUT2D eigenvalue weighted by molar-refractivity contribution is -0.148. The lowest BCUT2D eigenvalue weighted by atomic mass is 9.58. The third-order valence-corrected chi connectivity index (χ3v) is 10.4. The van der Waals surface area contributed by atoms with Crippen molar-refractivity contribution in [3.05, 3.63) is 69.7 Å². The predicted octanol–water partition coefficient (Wildman–Crippen LogP) is 1.60. The van der Waals surface area contributed by atoms with Crippen LogP contribution in [0.15, 0.2) is 53.0 Å². The van der Waals surface area contributed by atoms with E-state index >= 15 is 0 Å². The first kappa shape index (κ1) is 32.7. The number of nitrogens with two attached hydrogens (primary N) is 1. The molecule has 12 nitrogen and oxygen atoms in total. The van der Waals surface area contributed by atoms with Crippen LogP contribution in [-0.4, -0.2) is 126 Å². The summed E-state index contributed by atoms with van der Waals surface area (Å²) in [7, 11) is 9.03. The van der Waals surface area contributed by atoms with E-state index in [1.54, 1.807) is 19.0 Å². The molecule has 250 valence electrons.